The Labute approximate surface area is 291 Å². The minimum atomic E-state index is -0.262. The van der Waals surface area contributed by atoms with Gasteiger partial charge in [0.15, 0.2) is 0 Å². The molecule has 268 valence electrons. The lowest BCUT2D eigenvalue weighted by Crippen LogP contribution is -2.54. The van der Waals surface area contributed by atoms with E-state index in [9.17, 15) is 0 Å². The van der Waals surface area contributed by atoms with Crippen LogP contribution in [-0.4, -0.2) is 139 Å². The number of thioether (sulfide) groups is 1. The Balaban J connectivity index is 0.000000269. The van der Waals surface area contributed by atoms with E-state index in [1.54, 1.807) is 33.1 Å². The number of ether oxygens (including phenoxy) is 5. The fraction of sp³-hybridized carbons (Fsp3) is 0.611. The summed E-state index contributed by atoms with van der Waals surface area (Å²) in [5.74, 6) is 0.833. The smallest absolute Gasteiger partial charge is 0.140 e. The first-order chi connectivity index (χ1) is 23.2. The lowest BCUT2D eigenvalue weighted by molar-refractivity contribution is 0.00654. The van der Waals surface area contributed by atoms with Gasteiger partial charge in [0.1, 0.15) is 30.9 Å². The predicted molar refractivity (Wildman–Crippen MR) is 193 cm³/mol. The minimum Gasteiger partial charge on any atom is -0.497 e. The van der Waals surface area contributed by atoms with Gasteiger partial charge in [0, 0.05) is 49.3 Å². The standard InChI is InChI=1S/C20H32N2O4S.C16H24N2O3/c1-20(2,22-9-11-24-12-10-22)19(17-5-7-18(27-4)8-6-17)21-26-16-15-25-14-13-23-3;1-16(2,18-9-11-21-12-10-18)15(17-20-4)13-5-7-14(19-3)8-6-13/h5-8H,9-16H2,1-4H3;5-8H,9-12H2,1-4H3/b21-19+;17-15+. The summed E-state index contributed by atoms with van der Waals surface area (Å²) in [5, 5.41) is 8.82. The Bertz CT molecular complexity index is 1240. The van der Waals surface area contributed by atoms with Crippen molar-refractivity contribution in [1.29, 1.82) is 0 Å². The molecule has 0 spiro atoms. The molecular weight excluding hydrogens is 632 g/mol. The van der Waals surface area contributed by atoms with Gasteiger partial charge in [-0.05, 0) is 70.3 Å². The van der Waals surface area contributed by atoms with Crippen molar-refractivity contribution >= 4 is 23.2 Å². The Morgan fingerprint density at radius 2 is 1.17 bits per heavy atom. The number of morpholine rings is 2. The Morgan fingerprint density at radius 1 is 0.688 bits per heavy atom. The molecule has 0 bridgehead atoms. The van der Waals surface area contributed by atoms with Crippen molar-refractivity contribution in [2.24, 2.45) is 10.3 Å². The summed E-state index contributed by atoms with van der Waals surface area (Å²) in [6.07, 6.45) is 2.08. The van der Waals surface area contributed by atoms with Gasteiger partial charge >= 0.3 is 0 Å². The molecule has 2 heterocycles. The second-order valence-corrected chi connectivity index (χ2v) is 13.2. The van der Waals surface area contributed by atoms with Crippen LogP contribution in [0, 0.1) is 0 Å². The van der Waals surface area contributed by atoms with Gasteiger partial charge in [-0.1, -0.05) is 22.4 Å². The highest BCUT2D eigenvalue weighted by molar-refractivity contribution is 7.98. The van der Waals surface area contributed by atoms with E-state index in [4.69, 9.17) is 33.4 Å². The maximum absolute atomic E-state index is 5.62. The monoisotopic (exact) mass is 688 g/mol. The van der Waals surface area contributed by atoms with Crippen LogP contribution in [0.5, 0.6) is 5.75 Å². The Kier molecular flexibility index (Phi) is 17.1. The van der Waals surface area contributed by atoms with Crippen molar-refractivity contribution < 1.29 is 33.4 Å². The lowest BCUT2D eigenvalue weighted by Gasteiger charge is -2.41. The maximum atomic E-state index is 5.62. The number of oxime groups is 2. The number of benzene rings is 2. The maximum Gasteiger partial charge on any atom is 0.140 e. The first kappa shape index (κ1) is 39.7. The van der Waals surface area contributed by atoms with E-state index in [1.165, 1.54) is 4.90 Å². The SMILES string of the molecule is CO/N=C(\c1ccc(OC)cc1)C(C)(C)N1CCOCC1.COCCOCCO/N=C(\c1ccc(SC)cc1)C(C)(C)N1CCOCC1. The van der Waals surface area contributed by atoms with Crippen molar-refractivity contribution in [1.82, 2.24) is 9.80 Å². The van der Waals surface area contributed by atoms with Crippen LogP contribution in [-0.2, 0) is 28.6 Å². The van der Waals surface area contributed by atoms with Crippen LogP contribution in [0.2, 0.25) is 0 Å². The van der Waals surface area contributed by atoms with Crippen molar-refractivity contribution in [3.05, 3.63) is 59.7 Å². The minimum absolute atomic E-state index is 0.228. The molecule has 2 aliphatic rings. The fourth-order valence-electron chi connectivity index (χ4n) is 5.62. The second-order valence-electron chi connectivity index (χ2n) is 12.3. The van der Waals surface area contributed by atoms with E-state index < -0.39 is 0 Å². The number of rotatable bonds is 16. The molecule has 0 unspecified atom stereocenters. The first-order valence-electron chi connectivity index (χ1n) is 16.5. The zero-order valence-electron chi connectivity index (χ0n) is 30.2. The molecule has 0 saturated carbocycles. The van der Waals surface area contributed by atoms with Crippen LogP contribution in [0.1, 0.15) is 38.8 Å². The third-order valence-electron chi connectivity index (χ3n) is 8.58. The van der Waals surface area contributed by atoms with Gasteiger partial charge < -0.3 is 33.4 Å². The van der Waals surface area contributed by atoms with Crippen LogP contribution in [0.25, 0.3) is 0 Å². The van der Waals surface area contributed by atoms with Gasteiger partial charge in [0.05, 0.1) is 64.4 Å². The summed E-state index contributed by atoms with van der Waals surface area (Å²) in [5.41, 5.74) is 3.46. The third-order valence-corrected chi connectivity index (χ3v) is 9.32. The van der Waals surface area contributed by atoms with Gasteiger partial charge in [0.25, 0.3) is 0 Å². The number of nitrogens with zero attached hydrogens (tertiary/aromatic N) is 4. The molecule has 2 aromatic carbocycles. The molecule has 0 radical (unpaired) electrons. The second kappa shape index (κ2) is 20.7. The molecule has 0 aliphatic carbocycles. The van der Waals surface area contributed by atoms with Crippen LogP contribution in [0.4, 0.5) is 0 Å². The lowest BCUT2D eigenvalue weighted by atomic mass is 9.90. The average molecular weight is 689 g/mol. The molecule has 12 heteroatoms. The molecule has 2 fully saturated rings. The first-order valence-corrected chi connectivity index (χ1v) is 17.7. The molecule has 2 aliphatic heterocycles. The van der Waals surface area contributed by atoms with Crippen molar-refractivity contribution in [2.75, 3.05) is 107 Å². The number of hydrogen-bond donors (Lipinski definition) is 0. The third kappa shape index (κ3) is 11.7. The number of hydrogen-bond acceptors (Lipinski definition) is 12. The van der Waals surface area contributed by atoms with Crippen molar-refractivity contribution in [2.45, 2.75) is 43.7 Å². The largest absolute Gasteiger partial charge is 0.497 e. The van der Waals surface area contributed by atoms with E-state index in [0.29, 0.717) is 26.4 Å². The highest BCUT2D eigenvalue weighted by Crippen LogP contribution is 2.26. The van der Waals surface area contributed by atoms with E-state index in [-0.39, 0.29) is 11.1 Å². The highest BCUT2D eigenvalue weighted by Gasteiger charge is 2.36. The van der Waals surface area contributed by atoms with E-state index >= 15 is 0 Å². The highest BCUT2D eigenvalue weighted by atomic mass is 32.2. The van der Waals surface area contributed by atoms with Crippen molar-refractivity contribution in [3.8, 4) is 5.75 Å². The summed E-state index contributed by atoms with van der Waals surface area (Å²) < 4.78 is 26.6. The van der Waals surface area contributed by atoms with Gasteiger partial charge in [0.2, 0.25) is 0 Å². The van der Waals surface area contributed by atoms with Crippen molar-refractivity contribution in [3.63, 3.8) is 0 Å². The molecule has 2 saturated heterocycles. The van der Waals surface area contributed by atoms with Crippen LogP contribution in [0.15, 0.2) is 63.7 Å². The average Bonchev–Trinajstić information content (AvgIpc) is 3.13. The summed E-state index contributed by atoms with van der Waals surface area (Å²) in [7, 11) is 4.90. The molecule has 48 heavy (non-hydrogen) atoms. The topological polar surface area (TPSA) is 95.8 Å². The van der Waals surface area contributed by atoms with Gasteiger partial charge in [-0.2, -0.15) is 0 Å². The fourth-order valence-corrected chi connectivity index (χ4v) is 6.03. The molecule has 2 aromatic rings. The Morgan fingerprint density at radius 3 is 1.62 bits per heavy atom. The van der Waals surface area contributed by atoms with Gasteiger partial charge in [-0.15, -0.1) is 11.8 Å². The van der Waals surface area contributed by atoms with Crippen LogP contribution >= 0.6 is 11.8 Å². The normalized spacial score (nSPS) is 17.0. The summed E-state index contributed by atoms with van der Waals surface area (Å²) in [6.45, 7) is 17.3. The molecule has 0 amide bonds. The molecule has 11 nitrogen and oxygen atoms in total. The molecule has 0 N–H and O–H groups in total. The van der Waals surface area contributed by atoms with Crippen LogP contribution in [0.3, 0.4) is 0 Å². The molecule has 4 rings (SSSR count). The van der Waals surface area contributed by atoms with Gasteiger partial charge in [-0.3, -0.25) is 9.80 Å². The van der Waals surface area contributed by atoms with E-state index in [2.05, 4.69) is 78.3 Å². The molecule has 0 aromatic heterocycles. The number of methoxy groups -OCH3 is 2. The van der Waals surface area contributed by atoms with E-state index in [1.807, 2.05) is 24.3 Å². The van der Waals surface area contributed by atoms with E-state index in [0.717, 1.165) is 80.9 Å². The van der Waals surface area contributed by atoms with Crippen LogP contribution < -0.4 is 4.74 Å². The Hall–Kier alpha value is -2.71. The predicted octanol–water partition coefficient (Wildman–Crippen LogP) is 5.06. The zero-order valence-corrected chi connectivity index (χ0v) is 31.0. The quantitative estimate of drug-likeness (QED) is 0.103. The summed E-state index contributed by atoms with van der Waals surface area (Å²) in [6, 6.07) is 16.4. The zero-order chi connectivity index (χ0) is 34.8. The summed E-state index contributed by atoms with van der Waals surface area (Å²) >= 11 is 1.73. The van der Waals surface area contributed by atoms with Gasteiger partial charge in [-0.25, -0.2) is 0 Å². The summed E-state index contributed by atoms with van der Waals surface area (Å²) in [4.78, 5) is 16.7. The molecule has 0 atom stereocenters. The molecular formula is C36H56N4O7S.